The molecule has 0 aliphatic heterocycles. The highest BCUT2D eigenvalue weighted by Crippen LogP contribution is 2.31. The number of hydrogen-bond acceptors (Lipinski definition) is 1. The maximum absolute atomic E-state index is 12.4. The first-order valence-corrected chi connectivity index (χ1v) is 4.81. The van der Waals surface area contributed by atoms with Gasteiger partial charge in [-0.3, -0.25) is 0 Å². The lowest BCUT2D eigenvalue weighted by atomic mass is 10.2. The van der Waals surface area contributed by atoms with E-state index in [9.17, 15) is 13.2 Å². The molecule has 1 unspecified atom stereocenters. The molecule has 16 heavy (non-hydrogen) atoms. The Kier molecular flexibility index (Phi) is 3.99. The van der Waals surface area contributed by atoms with Crippen molar-refractivity contribution in [3.05, 3.63) is 42.5 Å². The van der Waals surface area contributed by atoms with E-state index in [4.69, 9.17) is 11.3 Å². The van der Waals surface area contributed by atoms with Gasteiger partial charge < -0.3 is 4.74 Å². The van der Waals surface area contributed by atoms with Gasteiger partial charge in [-0.1, -0.05) is 18.7 Å². The molecule has 0 saturated heterocycles. The first kappa shape index (κ1) is 12.6. The lowest BCUT2D eigenvalue weighted by molar-refractivity contribution is -0.137. The van der Waals surface area contributed by atoms with E-state index in [2.05, 4.69) is 0 Å². The smallest absolute Gasteiger partial charge is 0.416 e. The van der Waals surface area contributed by atoms with Crippen LogP contribution < -0.4 is 4.74 Å². The molecule has 0 bridgehead atoms. The molecule has 0 saturated carbocycles. The van der Waals surface area contributed by atoms with Gasteiger partial charge in [0.05, 0.1) is 11.7 Å². The average Bonchev–Trinajstić information content (AvgIpc) is 2.17. The van der Waals surface area contributed by atoms with Crippen molar-refractivity contribution >= 4 is 0 Å². The van der Waals surface area contributed by atoms with Gasteiger partial charge in [0.15, 0.2) is 0 Å². The number of hydrogen-bond donors (Lipinski definition) is 0. The van der Waals surface area contributed by atoms with Crippen LogP contribution in [0.5, 0.6) is 5.75 Å². The van der Waals surface area contributed by atoms with Crippen LogP contribution >= 0.6 is 0 Å². The molecule has 1 aromatic carbocycles. The van der Waals surface area contributed by atoms with Crippen LogP contribution in [0, 0.1) is 6.58 Å². The van der Waals surface area contributed by atoms with Gasteiger partial charge in [0.1, 0.15) is 5.75 Å². The zero-order chi connectivity index (χ0) is 12.2. The van der Waals surface area contributed by atoms with E-state index in [0.29, 0.717) is 6.42 Å². The third-order valence-corrected chi connectivity index (χ3v) is 1.97. The second-order valence-electron chi connectivity index (χ2n) is 3.43. The Hall–Kier alpha value is -1.45. The first-order chi connectivity index (χ1) is 7.43. The average molecular weight is 229 g/mol. The summed E-state index contributed by atoms with van der Waals surface area (Å²) in [4.78, 5) is 0. The second-order valence-corrected chi connectivity index (χ2v) is 3.43. The normalized spacial score (nSPS) is 13.2. The number of alkyl halides is 3. The fraction of sp³-hybridized carbons (Fsp3) is 0.333. The minimum Gasteiger partial charge on any atom is -0.490 e. The molecule has 0 aliphatic rings. The summed E-state index contributed by atoms with van der Waals surface area (Å²) < 4.78 is 42.4. The highest BCUT2D eigenvalue weighted by molar-refractivity contribution is 5.30. The molecule has 0 N–H and O–H groups in total. The van der Waals surface area contributed by atoms with Crippen LogP contribution in [0.15, 0.2) is 30.3 Å². The number of ether oxygens (including phenoxy) is 1. The van der Waals surface area contributed by atoms with Crippen molar-refractivity contribution in [2.45, 2.75) is 25.6 Å². The van der Waals surface area contributed by atoms with Crippen molar-refractivity contribution in [2.24, 2.45) is 0 Å². The SMILES string of the molecule is [CH]=CCC(C)Oc1cccc(C(F)(F)F)c1. The molecule has 1 aromatic rings. The number of halogens is 3. The summed E-state index contributed by atoms with van der Waals surface area (Å²) in [5.74, 6) is 0.198. The summed E-state index contributed by atoms with van der Waals surface area (Å²) in [6, 6.07) is 4.79. The van der Waals surface area contributed by atoms with Gasteiger partial charge in [-0.25, -0.2) is 0 Å². The zero-order valence-corrected chi connectivity index (χ0v) is 8.79. The highest BCUT2D eigenvalue weighted by atomic mass is 19.4. The zero-order valence-electron chi connectivity index (χ0n) is 8.79. The van der Waals surface area contributed by atoms with Gasteiger partial charge in [-0.05, 0) is 25.1 Å². The third kappa shape index (κ3) is 3.61. The standard InChI is InChI=1S/C12H12F3O/c1-3-5-9(2)16-11-7-4-6-10(8-11)12(13,14)15/h1,3-4,6-9H,5H2,2H3. The van der Waals surface area contributed by atoms with Crippen LogP contribution in [-0.2, 0) is 6.18 Å². The van der Waals surface area contributed by atoms with Crippen molar-refractivity contribution in [2.75, 3.05) is 0 Å². The molecule has 1 radical (unpaired) electrons. The minimum absolute atomic E-state index is 0.198. The maximum atomic E-state index is 12.4. The molecule has 1 nitrogen and oxygen atoms in total. The Labute approximate surface area is 92.5 Å². The maximum Gasteiger partial charge on any atom is 0.416 e. The third-order valence-electron chi connectivity index (χ3n) is 1.97. The highest BCUT2D eigenvalue weighted by Gasteiger charge is 2.30. The summed E-state index contributed by atoms with van der Waals surface area (Å²) in [5, 5.41) is 0. The lowest BCUT2D eigenvalue weighted by Gasteiger charge is -2.14. The quantitative estimate of drug-likeness (QED) is 0.761. The molecule has 0 amide bonds. The Bertz CT molecular complexity index is 358. The van der Waals surface area contributed by atoms with Gasteiger partial charge in [0, 0.05) is 6.42 Å². The molecule has 4 heteroatoms. The first-order valence-electron chi connectivity index (χ1n) is 4.81. The van der Waals surface area contributed by atoms with Crippen LogP contribution in [0.25, 0.3) is 0 Å². The predicted octanol–water partition coefficient (Wildman–Crippen LogP) is 3.85. The largest absolute Gasteiger partial charge is 0.490 e. The van der Waals surface area contributed by atoms with Crippen LogP contribution in [0.4, 0.5) is 13.2 Å². The molecule has 0 spiro atoms. The molecule has 0 aliphatic carbocycles. The van der Waals surface area contributed by atoms with Crippen LogP contribution in [0.1, 0.15) is 18.9 Å². The predicted molar refractivity (Wildman–Crippen MR) is 55.0 cm³/mol. The summed E-state index contributed by atoms with van der Waals surface area (Å²) >= 11 is 0. The minimum atomic E-state index is -4.34. The molecule has 87 valence electrons. The Balaban J connectivity index is 2.79. The molecule has 0 heterocycles. The van der Waals surface area contributed by atoms with Gasteiger partial charge >= 0.3 is 6.18 Å². The van der Waals surface area contributed by atoms with Crippen molar-refractivity contribution in [1.82, 2.24) is 0 Å². The van der Waals surface area contributed by atoms with E-state index in [-0.39, 0.29) is 11.9 Å². The van der Waals surface area contributed by atoms with Crippen LogP contribution in [-0.4, -0.2) is 6.10 Å². The van der Waals surface area contributed by atoms with Crippen molar-refractivity contribution < 1.29 is 17.9 Å². The van der Waals surface area contributed by atoms with Crippen LogP contribution in [0.3, 0.4) is 0 Å². The molecule has 0 aromatic heterocycles. The second kappa shape index (κ2) is 5.05. The number of benzene rings is 1. The molecular weight excluding hydrogens is 217 g/mol. The molecular formula is C12H12F3O. The summed E-state index contributed by atoms with van der Waals surface area (Å²) in [6.07, 6.45) is -2.69. The van der Waals surface area contributed by atoms with Gasteiger partial charge in [-0.2, -0.15) is 13.2 Å². The van der Waals surface area contributed by atoms with Crippen molar-refractivity contribution in [1.29, 1.82) is 0 Å². The summed E-state index contributed by atoms with van der Waals surface area (Å²) in [6.45, 7) is 6.94. The molecule has 1 atom stereocenters. The topological polar surface area (TPSA) is 9.23 Å². The monoisotopic (exact) mass is 229 g/mol. The van der Waals surface area contributed by atoms with Gasteiger partial charge in [-0.15, -0.1) is 0 Å². The van der Waals surface area contributed by atoms with E-state index in [1.165, 1.54) is 18.2 Å². The van der Waals surface area contributed by atoms with E-state index in [0.717, 1.165) is 12.1 Å². The van der Waals surface area contributed by atoms with E-state index < -0.39 is 11.7 Å². The Morgan fingerprint density at radius 2 is 2.12 bits per heavy atom. The van der Waals surface area contributed by atoms with Gasteiger partial charge in [0.25, 0.3) is 0 Å². The Morgan fingerprint density at radius 1 is 1.44 bits per heavy atom. The lowest BCUT2D eigenvalue weighted by Crippen LogP contribution is -2.11. The van der Waals surface area contributed by atoms with E-state index in [1.807, 2.05) is 0 Å². The Morgan fingerprint density at radius 3 is 2.69 bits per heavy atom. The van der Waals surface area contributed by atoms with Crippen molar-refractivity contribution in [3.63, 3.8) is 0 Å². The summed E-state index contributed by atoms with van der Waals surface area (Å²) in [5.41, 5.74) is -0.714. The van der Waals surface area contributed by atoms with Crippen LogP contribution in [0.2, 0.25) is 0 Å². The fourth-order valence-corrected chi connectivity index (χ4v) is 1.22. The van der Waals surface area contributed by atoms with E-state index >= 15 is 0 Å². The molecule has 1 rings (SSSR count). The fourth-order valence-electron chi connectivity index (χ4n) is 1.22. The van der Waals surface area contributed by atoms with Crippen molar-refractivity contribution in [3.8, 4) is 5.75 Å². The number of rotatable bonds is 4. The summed E-state index contributed by atoms with van der Waals surface area (Å²) in [7, 11) is 0. The van der Waals surface area contributed by atoms with E-state index in [1.54, 1.807) is 6.92 Å². The van der Waals surface area contributed by atoms with Gasteiger partial charge in [0.2, 0.25) is 0 Å². The molecule has 0 fully saturated rings.